The first-order chi connectivity index (χ1) is 7.56. The molecular weight excluding hydrogens is 337 g/mol. The first-order valence-corrected chi connectivity index (χ1v) is 8.19. The zero-order chi connectivity index (χ0) is 12.0. The average Bonchev–Trinajstić information content (AvgIpc) is 2.24. The second-order valence-corrected chi connectivity index (χ2v) is 6.46. The fourth-order valence-corrected chi connectivity index (χ4v) is 3.01. The van der Waals surface area contributed by atoms with E-state index in [9.17, 15) is 8.42 Å². The molecule has 1 aromatic rings. The maximum absolute atomic E-state index is 11.8. The second kappa shape index (κ2) is 6.56. The van der Waals surface area contributed by atoms with E-state index in [0.29, 0.717) is 11.4 Å². The number of hydrogen-bond donors (Lipinski definition) is 1. The third-order valence-electron chi connectivity index (χ3n) is 2.15. The van der Waals surface area contributed by atoms with E-state index in [1.54, 1.807) is 18.2 Å². The lowest BCUT2D eigenvalue weighted by molar-refractivity contribution is 0.578. The first kappa shape index (κ1) is 13.9. The highest BCUT2D eigenvalue weighted by Crippen LogP contribution is 2.10. The Labute approximate surface area is 111 Å². The maximum atomic E-state index is 11.8. The minimum Gasteiger partial charge on any atom is -0.211 e. The van der Waals surface area contributed by atoms with Crippen molar-refractivity contribution >= 4 is 32.6 Å². The van der Waals surface area contributed by atoms with Crippen LogP contribution in [0.2, 0.25) is 0 Å². The topological polar surface area (TPSA) is 46.2 Å². The van der Waals surface area contributed by atoms with E-state index in [1.165, 1.54) is 0 Å². The molecule has 1 aromatic carbocycles. The third kappa shape index (κ3) is 4.39. The smallest absolute Gasteiger partial charge is 0.211 e. The maximum Gasteiger partial charge on any atom is 0.240 e. The van der Waals surface area contributed by atoms with E-state index < -0.39 is 10.0 Å². The summed E-state index contributed by atoms with van der Waals surface area (Å²) in [5.41, 5.74) is 0.954. The van der Waals surface area contributed by atoms with Crippen LogP contribution in [0.4, 0.5) is 0 Å². The second-order valence-electron chi connectivity index (χ2n) is 3.61. The van der Waals surface area contributed by atoms with Crippen molar-refractivity contribution in [3.8, 4) is 0 Å². The lowest BCUT2D eigenvalue weighted by atomic mass is 10.2. The predicted octanol–water partition coefficient (Wildman–Crippen LogP) is 2.49. The van der Waals surface area contributed by atoms with Gasteiger partial charge in [-0.2, -0.15) is 0 Å². The van der Waals surface area contributed by atoms with Gasteiger partial charge in [0.15, 0.2) is 0 Å². The minimum atomic E-state index is -3.32. The van der Waals surface area contributed by atoms with Crippen molar-refractivity contribution in [2.45, 2.75) is 24.7 Å². The standard InChI is InChI=1S/C11H16INO2S/c1-10-5-4-6-11(9-10)16(14,15)13-8-3-2-7-12/h4-6,9,13H,2-3,7-8H2,1H3. The number of halogens is 1. The molecule has 3 nitrogen and oxygen atoms in total. The molecule has 0 aromatic heterocycles. The van der Waals surface area contributed by atoms with Crippen LogP contribution in [-0.2, 0) is 10.0 Å². The fourth-order valence-electron chi connectivity index (χ4n) is 1.29. The Hall–Kier alpha value is -0.140. The number of hydrogen-bond acceptors (Lipinski definition) is 2. The number of aryl methyl sites for hydroxylation is 1. The number of sulfonamides is 1. The van der Waals surface area contributed by atoms with Crippen LogP contribution >= 0.6 is 22.6 Å². The van der Waals surface area contributed by atoms with Crippen molar-refractivity contribution in [1.29, 1.82) is 0 Å². The van der Waals surface area contributed by atoms with Gasteiger partial charge in [0.2, 0.25) is 10.0 Å². The number of alkyl halides is 1. The van der Waals surface area contributed by atoms with Gasteiger partial charge in [0.05, 0.1) is 4.90 Å². The quantitative estimate of drug-likeness (QED) is 0.485. The van der Waals surface area contributed by atoms with Gasteiger partial charge in [-0.3, -0.25) is 0 Å². The monoisotopic (exact) mass is 353 g/mol. The SMILES string of the molecule is Cc1cccc(S(=O)(=O)NCCCCI)c1. The Morgan fingerprint density at radius 1 is 1.31 bits per heavy atom. The number of unbranched alkanes of at least 4 members (excludes halogenated alkanes) is 1. The van der Waals surface area contributed by atoms with Crippen LogP contribution in [0.1, 0.15) is 18.4 Å². The Balaban J connectivity index is 2.64. The van der Waals surface area contributed by atoms with Gasteiger partial charge in [0, 0.05) is 6.54 Å². The van der Waals surface area contributed by atoms with Gasteiger partial charge in [-0.25, -0.2) is 13.1 Å². The van der Waals surface area contributed by atoms with Crippen LogP contribution in [0, 0.1) is 6.92 Å². The van der Waals surface area contributed by atoms with Crippen molar-refractivity contribution in [1.82, 2.24) is 4.72 Å². The van der Waals surface area contributed by atoms with Crippen LogP contribution in [0.25, 0.3) is 0 Å². The van der Waals surface area contributed by atoms with Crippen molar-refractivity contribution in [3.05, 3.63) is 29.8 Å². The molecule has 0 aliphatic rings. The van der Waals surface area contributed by atoms with Crippen LogP contribution in [0.15, 0.2) is 29.2 Å². The molecule has 90 valence electrons. The highest BCUT2D eigenvalue weighted by Gasteiger charge is 2.12. The summed E-state index contributed by atoms with van der Waals surface area (Å²) in [4.78, 5) is 0.349. The predicted molar refractivity (Wildman–Crippen MR) is 74.5 cm³/mol. The van der Waals surface area contributed by atoms with Crippen molar-refractivity contribution < 1.29 is 8.42 Å². The molecule has 0 fully saturated rings. The summed E-state index contributed by atoms with van der Waals surface area (Å²) < 4.78 is 27.3. The molecule has 16 heavy (non-hydrogen) atoms. The molecule has 5 heteroatoms. The van der Waals surface area contributed by atoms with E-state index >= 15 is 0 Å². The van der Waals surface area contributed by atoms with E-state index in [4.69, 9.17) is 0 Å². The Morgan fingerprint density at radius 2 is 2.06 bits per heavy atom. The van der Waals surface area contributed by atoms with Crippen molar-refractivity contribution in [3.63, 3.8) is 0 Å². The Kier molecular flexibility index (Phi) is 5.71. The van der Waals surface area contributed by atoms with E-state index in [0.717, 1.165) is 22.8 Å². The molecule has 0 unspecified atom stereocenters. The third-order valence-corrected chi connectivity index (χ3v) is 4.37. The molecular formula is C11H16INO2S. The summed E-state index contributed by atoms with van der Waals surface area (Å²) in [6, 6.07) is 6.94. The summed E-state index contributed by atoms with van der Waals surface area (Å²) in [6.45, 7) is 2.40. The zero-order valence-corrected chi connectivity index (χ0v) is 12.2. The molecule has 0 aliphatic heterocycles. The average molecular weight is 353 g/mol. The molecule has 0 radical (unpaired) electrons. The molecule has 0 bridgehead atoms. The van der Waals surface area contributed by atoms with Crippen molar-refractivity contribution in [2.24, 2.45) is 0 Å². The Bertz CT molecular complexity index is 431. The van der Waals surface area contributed by atoms with E-state index in [1.807, 2.05) is 13.0 Å². The largest absolute Gasteiger partial charge is 0.240 e. The molecule has 0 spiro atoms. The van der Waals surface area contributed by atoms with Crippen LogP contribution in [0.5, 0.6) is 0 Å². The minimum absolute atomic E-state index is 0.349. The van der Waals surface area contributed by atoms with Gasteiger partial charge < -0.3 is 0 Å². The first-order valence-electron chi connectivity index (χ1n) is 5.18. The van der Waals surface area contributed by atoms with Gasteiger partial charge in [-0.1, -0.05) is 34.7 Å². The van der Waals surface area contributed by atoms with Gasteiger partial charge in [-0.05, 0) is 41.9 Å². The fraction of sp³-hybridized carbons (Fsp3) is 0.455. The van der Waals surface area contributed by atoms with Gasteiger partial charge in [-0.15, -0.1) is 0 Å². The molecule has 1 rings (SSSR count). The summed E-state index contributed by atoms with van der Waals surface area (Å²) >= 11 is 2.29. The van der Waals surface area contributed by atoms with Crippen molar-refractivity contribution in [2.75, 3.05) is 11.0 Å². The number of nitrogens with one attached hydrogen (secondary N) is 1. The summed E-state index contributed by atoms with van der Waals surface area (Å²) in [5, 5.41) is 0. The highest BCUT2D eigenvalue weighted by molar-refractivity contribution is 14.1. The lowest BCUT2D eigenvalue weighted by Crippen LogP contribution is -2.24. The van der Waals surface area contributed by atoms with Crippen LogP contribution < -0.4 is 4.72 Å². The summed E-state index contributed by atoms with van der Waals surface area (Å²) in [5.74, 6) is 0. The normalized spacial score (nSPS) is 11.6. The molecule has 0 atom stereocenters. The summed E-state index contributed by atoms with van der Waals surface area (Å²) in [6.07, 6.45) is 1.92. The van der Waals surface area contributed by atoms with E-state index in [2.05, 4.69) is 27.3 Å². The van der Waals surface area contributed by atoms with Gasteiger partial charge in [0.1, 0.15) is 0 Å². The number of benzene rings is 1. The molecule has 0 saturated carbocycles. The molecule has 1 N–H and O–H groups in total. The van der Waals surface area contributed by atoms with Gasteiger partial charge in [0.25, 0.3) is 0 Å². The highest BCUT2D eigenvalue weighted by atomic mass is 127. The van der Waals surface area contributed by atoms with Gasteiger partial charge >= 0.3 is 0 Å². The molecule has 0 amide bonds. The molecule has 0 saturated heterocycles. The summed E-state index contributed by atoms with van der Waals surface area (Å²) in [7, 11) is -3.32. The number of rotatable bonds is 6. The van der Waals surface area contributed by atoms with Crippen LogP contribution in [-0.4, -0.2) is 19.4 Å². The molecule has 0 aliphatic carbocycles. The lowest BCUT2D eigenvalue weighted by Gasteiger charge is -2.06. The zero-order valence-electron chi connectivity index (χ0n) is 9.24. The van der Waals surface area contributed by atoms with Crippen LogP contribution in [0.3, 0.4) is 0 Å². The van der Waals surface area contributed by atoms with E-state index in [-0.39, 0.29) is 0 Å². The Morgan fingerprint density at radius 3 is 2.69 bits per heavy atom. The molecule has 0 heterocycles.